The predicted molar refractivity (Wildman–Crippen MR) is 84.8 cm³/mol. The van der Waals surface area contributed by atoms with Gasteiger partial charge >= 0.3 is 0 Å². The normalized spacial score (nSPS) is 17.0. The molecule has 1 heterocycles. The van der Waals surface area contributed by atoms with Gasteiger partial charge in [-0.25, -0.2) is 4.98 Å². The van der Waals surface area contributed by atoms with E-state index >= 15 is 0 Å². The zero-order valence-electron chi connectivity index (χ0n) is 13.1. The minimum Gasteiger partial charge on any atom is -0.489 e. The standard InChI is InChI=1S/C16H25N3O3/c1-21-11-13(17)16(20)19-15-14(8-5-9-18-15)22-10-12-6-3-2-4-7-12/h5,8-9,12-13H,2-4,6-7,10-11,17H2,1H3,(H,18,19,20). The highest BCUT2D eigenvalue weighted by atomic mass is 16.5. The molecule has 0 aliphatic heterocycles. The predicted octanol–water partition coefficient (Wildman–Crippen LogP) is 1.95. The maximum absolute atomic E-state index is 11.9. The van der Waals surface area contributed by atoms with Gasteiger partial charge in [0.25, 0.3) is 0 Å². The Labute approximate surface area is 131 Å². The smallest absolute Gasteiger partial charge is 0.244 e. The van der Waals surface area contributed by atoms with Crippen molar-refractivity contribution in [3.05, 3.63) is 18.3 Å². The lowest BCUT2D eigenvalue weighted by atomic mass is 9.90. The number of carbonyl (C=O) groups excluding carboxylic acids is 1. The summed E-state index contributed by atoms with van der Waals surface area (Å²) in [6.07, 6.45) is 7.90. The zero-order valence-corrected chi connectivity index (χ0v) is 13.1. The number of pyridine rings is 1. The van der Waals surface area contributed by atoms with Crippen LogP contribution in [0.2, 0.25) is 0 Å². The number of nitrogens with two attached hydrogens (primary N) is 1. The second kappa shape index (κ2) is 8.70. The van der Waals surface area contributed by atoms with Gasteiger partial charge in [0.15, 0.2) is 11.6 Å². The molecule has 1 atom stereocenters. The molecule has 0 aromatic carbocycles. The van der Waals surface area contributed by atoms with Crippen molar-refractivity contribution in [1.29, 1.82) is 0 Å². The van der Waals surface area contributed by atoms with E-state index in [9.17, 15) is 4.79 Å². The lowest BCUT2D eigenvalue weighted by Crippen LogP contribution is -2.39. The molecule has 1 aliphatic carbocycles. The van der Waals surface area contributed by atoms with Gasteiger partial charge in [0.05, 0.1) is 13.2 Å². The van der Waals surface area contributed by atoms with Gasteiger partial charge in [-0.3, -0.25) is 4.79 Å². The monoisotopic (exact) mass is 307 g/mol. The highest BCUT2D eigenvalue weighted by Crippen LogP contribution is 2.26. The first-order valence-electron chi connectivity index (χ1n) is 7.84. The molecule has 0 saturated heterocycles. The van der Waals surface area contributed by atoms with Gasteiger partial charge in [-0.05, 0) is 30.9 Å². The molecule has 1 saturated carbocycles. The largest absolute Gasteiger partial charge is 0.489 e. The lowest BCUT2D eigenvalue weighted by Gasteiger charge is -2.22. The summed E-state index contributed by atoms with van der Waals surface area (Å²) in [7, 11) is 1.51. The zero-order chi connectivity index (χ0) is 15.8. The van der Waals surface area contributed by atoms with Gasteiger partial charge in [-0.2, -0.15) is 0 Å². The molecule has 1 fully saturated rings. The van der Waals surface area contributed by atoms with Gasteiger partial charge in [-0.15, -0.1) is 0 Å². The number of anilines is 1. The quantitative estimate of drug-likeness (QED) is 0.804. The van der Waals surface area contributed by atoms with Crippen molar-refractivity contribution in [2.75, 3.05) is 25.6 Å². The first-order chi connectivity index (χ1) is 10.7. The van der Waals surface area contributed by atoms with Gasteiger partial charge in [0, 0.05) is 13.3 Å². The van der Waals surface area contributed by atoms with Crippen LogP contribution in [0.3, 0.4) is 0 Å². The summed E-state index contributed by atoms with van der Waals surface area (Å²) in [4.78, 5) is 16.1. The van der Waals surface area contributed by atoms with E-state index in [4.69, 9.17) is 15.2 Å². The number of ether oxygens (including phenoxy) is 2. The van der Waals surface area contributed by atoms with E-state index in [0.29, 0.717) is 24.1 Å². The Kier molecular flexibility index (Phi) is 6.61. The Balaban J connectivity index is 1.92. The Morgan fingerprint density at radius 3 is 2.95 bits per heavy atom. The average Bonchev–Trinajstić information content (AvgIpc) is 2.55. The fourth-order valence-electron chi connectivity index (χ4n) is 2.63. The summed E-state index contributed by atoms with van der Waals surface area (Å²) >= 11 is 0. The Hall–Kier alpha value is -1.66. The topological polar surface area (TPSA) is 86.5 Å². The molecule has 6 nitrogen and oxygen atoms in total. The second-order valence-electron chi connectivity index (χ2n) is 5.72. The summed E-state index contributed by atoms with van der Waals surface area (Å²) in [5.41, 5.74) is 5.71. The molecule has 1 aliphatic rings. The van der Waals surface area contributed by atoms with Crippen LogP contribution in [0.25, 0.3) is 0 Å². The van der Waals surface area contributed by atoms with E-state index < -0.39 is 6.04 Å². The van der Waals surface area contributed by atoms with Crippen molar-refractivity contribution in [3.8, 4) is 5.75 Å². The van der Waals surface area contributed by atoms with E-state index in [1.807, 2.05) is 6.07 Å². The Morgan fingerprint density at radius 1 is 1.45 bits per heavy atom. The molecule has 2 rings (SSSR count). The molecule has 1 aromatic heterocycles. The number of nitrogens with zero attached hydrogens (tertiary/aromatic N) is 1. The lowest BCUT2D eigenvalue weighted by molar-refractivity contribution is -0.118. The number of hydrogen-bond donors (Lipinski definition) is 2. The molecule has 1 unspecified atom stereocenters. The molecular weight excluding hydrogens is 282 g/mol. The van der Waals surface area contributed by atoms with Crippen LogP contribution in [-0.2, 0) is 9.53 Å². The fourth-order valence-corrected chi connectivity index (χ4v) is 2.63. The van der Waals surface area contributed by atoms with Crippen molar-refractivity contribution in [3.63, 3.8) is 0 Å². The van der Waals surface area contributed by atoms with Gasteiger partial charge in [0.2, 0.25) is 5.91 Å². The van der Waals surface area contributed by atoms with Crippen LogP contribution in [-0.4, -0.2) is 37.3 Å². The van der Waals surface area contributed by atoms with Crippen LogP contribution in [0, 0.1) is 5.92 Å². The van der Waals surface area contributed by atoms with Crippen LogP contribution < -0.4 is 15.8 Å². The molecule has 1 amide bonds. The highest BCUT2D eigenvalue weighted by Gasteiger charge is 2.18. The highest BCUT2D eigenvalue weighted by molar-refractivity contribution is 5.95. The third-order valence-electron chi connectivity index (χ3n) is 3.89. The van der Waals surface area contributed by atoms with Gasteiger partial charge in [0.1, 0.15) is 6.04 Å². The number of carbonyl (C=O) groups is 1. The minimum absolute atomic E-state index is 0.164. The number of nitrogens with one attached hydrogen (secondary N) is 1. The number of hydrogen-bond acceptors (Lipinski definition) is 5. The summed E-state index contributed by atoms with van der Waals surface area (Å²) < 4.78 is 10.7. The summed E-state index contributed by atoms with van der Waals surface area (Å²) in [5, 5.41) is 2.70. The molecular formula is C16H25N3O3. The van der Waals surface area contributed by atoms with Crippen molar-refractivity contribution in [1.82, 2.24) is 4.98 Å². The molecule has 1 aromatic rings. The van der Waals surface area contributed by atoms with Crippen molar-refractivity contribution < 1.29 is 14.3 Å². The number of amides is 1. The molecule has 3 N–H and O–H groups in total. The van der Waals surface area contributed by atoms with E-state index in [-0.39, 0.29) is 12.5 Å². The van der Waals surface area contributed by atoms with Gasteiger partial charge < -0.3 is 20.5 Å². The average molecular weight is 307 g/mol. The van der Waals surface area contributed by atoms with E-state index in [0.717, 1.165) is 0 Å². The maximum atomic E-state index is 11.9. The summed E-state index contributed by atoms with van der Waals surface area (Å²) in [6.45, 7) is 0.829. The molecule has 6 heteroatoms. The molecule has 0 radical (unpaired) electrons. The van der Waals surface area contributed by atoms with Crippen LogP contribution in [0.5, 0.6) is 5.75 Å². The van der Waals surface area contributed by atoms with E-state index in [1.165, 1.54) is 39.2 Å². The van der Waals surface area contributed by atoms with Crippen LogP contribution in [0.15, 0.2) is 18.3 Å². The van der Waals surface area contributed by atoms with Crippen LogP contribution in [0.1, 0.15) is 32.1 Å². The number of rotatable bonds is 7. The Bertz CT molecular complexity index is 475. The molecule has 122 valence electrons. The third kappa shape index (κ3) is 4.96. The summed E-state index contributed by atoms with van der Waals surface area (Å²) in [5.74, 6) is 1.26. The van der Waals surface area contributed by atoms with Crippen molar-refractivity contribution >= 4 is 11.7 Å². The third-order valence-corrected chi connectivity index (χ3v) is 3.89. The first kappa shape index (κ1) is 16.7. The Morgan fingerprint density at radius 2 is 2.23 bits per heavy atom. The number of methoxy groups -OCH3 is 1. The van der Waals surface area contributed by atoms with E-state index in [2.05, 4.69) is 10.3 Å². The molecule has 0 spiro atoms. The molecule has 0 bridgehead atoms. The van der Waals surface area contributed by atoms with Gasteiger partial charge in [-0.1, -0.05) is 19.3 Å². The molecule has 22 heavy (non-hydrogen) atoms. The second-order valence-corrected chi connectivity index (χ2v) is 5.72. The SMILES string of the molecule is COCC(N)C(=O)Nc1ncccc1OCC1CCCCC1. The van der Waals surface area contributed by atoms with E-state index in [1.54, 1.807) is 12.3 Å². The van der Waals surface area contributed by atoms with Crippen LogP contribution in [0.4, 0.5) is 5.82 Å². The fraction of sp³-hybridized carbons (Fsp3) is 0.625. The van der Waals surface area contributed by atoms with Crippen molar-refractivity contribution in [2.24, 2.45) is 11.7 Å². The van der Waals surface area contributed by atoms with Crippen LogP contribution >= 0.6 is 0 Å². The maximum Gasteiger partial charge on any atom is 0.244 e. The van der Waals surface area contributed by atoms with Crippen molar-refractivity contribution in [2.45, 2.75) is 38.1 Å². The first-order valence-corrected chi connectivity index (χ1v) is 7.84. The number of aromatic nitrogens is 1. The summed E-state index contributed by atoms with van der Waals surface area (Å²) in [6, 6.07) is 2.88. The minimum atomic E-state index is -0.724.